The van der Waals surface area contributed by atoms with E-state index < -0.39 is 22.1 Å². The first kappa shape index (κ1) is 52.2. The van der Waals surface area contributed by atoms with Gasteiger partial charge in [0, 0.05) is 93.1 Å². The van der Waals surface area contributed by atoms with E-state index in [2.05, 4.69) is 161 Å². The van der Waals surface area contributed by atoms with Crippen LogP contribution < -0.4 is 11.1 Å². The van der Waals surface area contributed by atoms with Gasteiger partial charge in [0.05, 0.1) is 18.0 Å². The molecule has 6 heterocycles. The van der Waals surface area contributed by atoms with Crippen LogP contribution in [0.5, 0.6) is 0 Å². The van der Waals surface area contributed by atoms with Gasteiger partial charge in [0.25, 0.3) is 5.91 Å². The molecule has 2 atom stereocenters. The second kappa shape index (κ2) is 24.4. The molecule has 1 amide bonds. The predicted molar refractivity (Wildman–Crippen MR) is 278 cm³/mol. The van der Waals surface area contributed by atoms with Gasteiger partial charge in [-0.25, -0.2) is 24.7 Å². The number of halogens is 2. The molecule has 4 aromatic heterocycles. The number of nitrogens with zero attached hydrogens (tertiary/aromatic N) is 8. The third kappa shape index (κ3) is 16.5. The lowest BCUT2D eigenvalue weighted by molar-refractivity contribution is 0.0695. The van der Waals surface area contributed by atoms with Crippen LogP contribution in [-0.4, -0.2) is 123 Å². The highest BCUT2D eigenvalue weighted by Crippen LogP contribution is 2.23. The third-order valence-electron chi connectivity index (χ3n) is 11.4. The van der Waals surface area contributed by atoms with Crippen molar-refractivity contribution in [3.05, 3.63) is 117 Å². The summed E-state index contributed by atoms with van der Waals surface area (Å²) in [6.07, 6.45) is 8.62. The van der Waals surface area contributed by atoms with Crippen LogP contribution in [0.25, 0.3) is 22.3 Å². The number of hydrogen-bond donors (Lipinski definition) is 3. The standard InChI is InChI=1S/C24H32BrN5O2Si.C13H18BrN3O3Si.C11H16N2/c1-33(2,3)12-11-32-17-30-16-20(22-23(30)26-13-21(25)28-22)24(31)27-19-9-10-29(15-19)14-18-7-5-4-6-8-18;1-21(2,3)5-4-20-8-17-7-9(13(18)19)11-12(17)15-6-10(14)16-11;12-11-6-7-13(9-11)8-10-4-2-1-3-5-10/h4-8,13,16,19H,9-12,14-15,17H2,1-3H3,(H,27,31);6-7H,4-5,8H2,1-3H3,(H,18,19);1-5,11H,6-9,12H2/t19-;;11-/m1.1/s1. The van der Waals surface area contributed by atoms with Crippen LogP contribution in [0.15, 0.2) is 94.7 Å². The summed E-state index contributed by atoms with van der Waals surface area (Å²) in [5, 5.41) is 12.4. The number of carboxylic acid groups (broad SMARTS) is 1. The number of nitrogens with one attached hydrogen (secondary N) is 1. The molecule has 2 aliphatic heterocycles. The molecular formula is C48H66Br2N10O5Si2. The number of rotatable bonds is 17. The third-order valence-corrected chi connectivity index (χ3v) is 15.6. The van der Waals surface area contributed by atoms with E-state index in [4.69, 9.17) is 15.2 Å². The summed E-state index contributed by atoms with van der Waals surface area (Å²) in [5.41, 5.74) is 11.3. The second-order valence-electron chi connectivity index (χ2n) is 19.7. The average molecular weight is 1080 g/mol. The highest BCUT2D eigenvalue weighted by molar-refractivity contribution is 9.10. The Balaban J connectivity index is 0.000000185. The Kier molecular flexibility index (Phi) is 19.0. The Hall–Kier alpha value is -4.19. The van der Waals surface area contributed by atoms with Crippen molar-refractivity contribution in [1.82, 2.24) is 44.2 Å². The van der Waals surface area contributed by atoms with E-state index in [1.165, 1.54) is 17.3 Å². The SMILES string of the molecule is C[Si](C)(C)CCOCn1cc(C(=O)N[C@@H]2CCN(Cc3ccccc3)C2)c2nc(Br)cnc21.C[Si](C)(C)CCOCn1cc(C(=O)O)c2nc(Br)cnc21.N[C@@H]1CCN(Cc2ccccc2)C1. The van der Waals surface area contributed by atoms with Gasteiger partial charge in [-0.05, 0) is 67.9 Å². The molecule has 0 spiro atoms. The van der Waals surface area contributed by atoms with Crippen LogP contribution >= 0.6 is 31.9 Å². The van der Waals surface area contributed by atoms with Crippen molar-refractivity contribution >= 4 is 82.2 Å². The quantitative estimate of drug-likeness (QED) is 0.0585. The predicted octanol–water partition coefficient (Wildman–Crippen LogP) is 8.93. The maximum Gasteiger partial charge on any atom is 0.339 e. The number of carboxylic acids is 1. The Labute approximate surface area is 413 Å². The van der Waals surface area contributed by atoms with Crippen molar-refractivity contribution in [3.63, 3.8) is 0 Å². The topological polar surface area (TPSA) is 179 Å². The van der Waals surface area contributed by atoms with Crippen molar-refractivity contribution in [3.8, 4) is 0 Å². The van der Waals surface area contributed by atoms with Crippen molar-refractivity contribution in [2.24, 2.45) is 5.73 Å². The lowest BCUT2D eigenvalue weighted by Crippen LogP contribution is -2.37. The number of amides is 1. The lowest BCUT2D eigenvalue weighted by atomic mass is 10.2. The van der Waals surface area contributed by atoms with Crippen molar-refractivity contribution in [2.75, 3.05) is 39.4 Å². The minimum absolute atomic E-state index is 0.111. The van der Waals surface area contributed by atoms with Gasteiger partial charge in [-0.2, -0.15) is 0 Å². The fourth-order valence-corrected chi connectivity index (χ4v) is 9.78. The van der Waals surface area contributed by atoms with Gasteiger partial charge >= 0.3 is 5.97 Å². The normalized spacial score (nSPS) is 16.7. The van der Waals surface area contributed by atoms with E-state index in [-0.39, 0.29) is 24.2 Å². The summed E-state index contributed by atoms with van der Waals surface area (Å²) < 4.78 is 16.2. The molecule has 2 saturated heterocycles. The molecule has 2 aliphatic rings. The van der Waals surface area contributed by atoms with Crippen LogP contribution in [0.4, 0.5) is 0 Å². The molecule has 0 saturated carbocycles. The summed E-state index contributed by atoms with van der Waals surface area (Å²) in [6.45, 7) is 21.8. The van der Waals surface area contributed by atoms with Gasteiger partial charge in [0.2, 0.25) is 0 Å². The molecule has 0 unspecified atom stereocenters. The van der Waals surface area contributed by atoms with Gasteiger partial charge in [0.15, 0.2) is 11.3 Å². The molecule has 2 aromatic carbocycles. The number of ether oxygens (including phenoxy) is 2. The lowest BCUT2D eigenvalue weighted by Gasteiger charge is -2.16. The van der Waals surface area contributed by atoms with Crippen LogP contribution in [0.3, 0.4) is 0 Å². The Morgan fingerprint density at radius 1 is 0.716 bits per heavy atom. The number of hydrogen-bond acceptors (Lipinski definition) is 11. The molecule has 0 radical (unpaired) electrons. The van der Waals surface area contributed by atoms with Gasteiger partial charge in [-0.3, -0.25) is 14.6 Å². The Morgan fingerprint density at radius 2 is 1.18 bits per heavy atom. The van der Waals surface area contributed by atoms with E-state index in [9.17, 15) is 14.7 Å². The largest absolute Gasteiger partial charge is 0.478 e. The minimum atomic E-state index is -1.16. The summed E-state index contributed by atoms with van der Waals surface area (Å²) >= 11 is 6.60. The number of carbonyl (C=O) groups excluding carboxylic acids is 1. The van der Waals surface area contributed by atoms with Gasteiger partial charge in [-0.15, -0.1) is 0 Å². The molecular weight excluding hydrogens is 1010 g/mol. The first-order chi connectivity index (χ1) is 31.9. The van der Waals surface area contributed by atoms with E-state index >= 15 is 0 Å². The van der Waals surface area contributed by atoms with Gasteiger partial charge in [-0.1, -0.05) is 99.9 Å². The Bertz CT molecular complexity index is 2540. The monoisotopic (exact) mass is 1080 g/mol. The summed E-state index contributed by atoms with van der Waals surface area (Å²) in [6, 6.07) is 23.7. The number of aromatic nitrogens is 6. The zero-order valence-electron chi connectivity index (χ0n) is 39.6. The van der Waals surface area contributed by atoms with Crippen LogP contribution in [0, 0.1) is 0 Å². The van der Waals surface area contributed by atoms with Crippen LogP contribution in [0.2, 0.25) is 51.4 Å². The number of likely N-dealkylation sites (tertiary alicyclic amines) is 2. The number of nitrogens with two attached hydrogens (primary N) is 1. The van der Waals surface area contributed by atoms with Crippen LogP contribution in [0.1, 0.15) is 44.7 Å². The molecule has 19 heteroatoms. The fourth-order valence-electron chi connectivity index (χ4n) is 7.71. The molecule has 6 aromatic rings. The fraction of sp³-hybridized carbons (Fsp3) is 0.458. The van der Waals surface area contributed by atoms with Crippen LogP contribution in [-0.2, 0) is 36.0 Å². The molecule has 8 rings (SSSR count). The maximum atomic E-state index is 13.2. The van der Waals surface area contributed by atoms with Crippen molar-refractivity contribution < 1.29 is 24.2 Å². The van der Waals surface area contributed by atoms with Gasteiger partial charge in [0.1, 0.15) is 39.3 Å². The smallest absolute Gasteiger partial charge is 0.339 e. The second-order valence-corrected chi connectivity index (χ2v) is 32.6. The highest BCUT2D eigenvalue weighted by atomic mass is 79.9. The summed E-state index contributed by atoms with van der Waals surface area (Å²) in [4.78, 5) is 46.7. The number of carbonyl (C=O) groups is 2. The number of fused-ring (bicyclic) bond motifs is 2. The highest BCUT2D eigenvalue weighted by Gasteiger charge is 2.27. The zero-order chi connectivity index (χ0) is 48.1. The molecule has 2 fully saturated rings. The molecule has 0 bridgehead atoms. The average Bonchev–Trinajstić information content (AvgIpc) is 4.07. The van der Waals surface area contributed by atoms with Crippen molar-refractivity contribution in [1.29, 1.82) is 0 Å². The summed E-state index contributed by atoms with van der Waals surface area (Å²) in [5.74, 6) is -1.13. The summed E-state index contributed by atoms with van der Waals surface area (Å²) in [7, 11) is -2.29. The van der Waals surface area contributed by atoms with E-state index in [1.54, 1.807) is 17.0 Å². The van der Waals surface area contributed by atoms with Crippen molar-refractivity contribution in [2.45, 2.75) is 103 Å². The Morgan fingerprint density at radius 3 is 1.64 bits per heavy atom. The zero-order valence-corrected chi connectivity index (χ0v) is 44.8. The minimum Gasteiger partial charge on any atom is -0.478 e. The number of benzene rings is 2. The van der Waals surface area contributed by atoms with E-state index in [0.29, 0.717) is 63.1 Å². The van der Waals surface area contributed by atoms with Gasteiger partial charge < -0.3 is 34.8 Å². The molecule has 4 N–H and O–H groups in total. The van der Waals surface area contributed by atoms with E-state index in [1.807, 2.05) is 16.8 Å². The maximum absolute atomic E-state index is 13.2. The molecule has 67 heavy (non-hydrogen) atoms. The number of aromatic carboxylic acids is 1. The first-order valence-corrected chi connectivity index (χ1v) is 31.9. The molecule has 15 nitrogen and oxygen atoms in total. The first-order valence-electron chi connectivity index (χ1n) is 22.9. The molecule has 360 valence electrons. The van der Waals surface area contributed by atoms with E-state index in [0.717, 1.165) is 64.2 Å². The molecule has 0 aliphatic carbocycles.